The molecular formula is C17H35IN6. The van der Waals surface area contributed by atoms with Gasteiger partial charge >= 0.3 is 0 Å². The minimum absolute atomic E-state index is 0. The van der Waals surface area contributed by atoms with E-state index in [1.165, 1.54) is 19.3 Å². The summed E-state index contributed by atoms with van der Waals surface area (Å²) in [4.78, 5) is 4.66. The fraction of sp³-hybridized carbons (Fsp3) is 0.824. The van der Waals surface area contributed by atoms with Gasteiger partial charge in [0.15, 0.2) is 5.96 Å². The Bertz CT molecular complexity index is 458. The number of halogens is 1. The molecular weight excluding hydrogens is 415 g/mol. The summed E-state index contributed by atoms with van der Waals surface area (Å²) in [6, 6.07) is 0.438. The van der Waals surface area contributed by atoms with Crippen LogP contribution in [0.15, 0.2) is 11.3 Å². The van der Waals surface area contributed by atoms with Crippen LogP contribution in [0.1, 0.15) is 59.7 Å². The first-order valence-corrected chi connectivity index (χ1v) is 8.98. The number of guanidine groups is 1. The lowest BCUT2D eigenvalue weighted by Gasteiger charge is -2.18. The van der Waals surface area contributed by atoms with E-state index in [0.717, 1.165) is 43.8 Å². The number of hydrogen-bond donors (Lipinski definition) is 2. The predicted molar refractivity (Wildman–Crippen MR) is 112 cm³/mol. The van der Waals surface area contributed by atoms with Gasteiger partial charge in [-0.05, 0) is 26.2 Å². The molecule has 0 aromatic carbocycles. The first kappa shape index (κ1) is 23.1. The second-order valence-electron chi connectivity index (χ2n) is 6.42. The molecule has 1 aromatic heterocycles. The SMILES string of the molecule is CCNC(=NCCn1cnnc1CC)NC(C)CCCC(C)C.I. The smallest absolute Gasteiger partial charge is 0.191 e. The van der Waals surface area contributed by atoms with E-state index in [2.05, 4.69) is 65.0 Å². The molecule has 140 valence electrons. The average Bonchev–Trinajstić information content (AvgIpc) is 2.94. The van der Waals surface area contributed by atoms with Crippen LogP contribution in [0.4, 0.5) is 0 Å². The van der Waals surface area contributed by atoms with Crippen molar-refractivity contribution in [2.75, 3.05) is 13.1 Å². The number of hydrogen-bond acceptors (Lipinski definition) is 3. The first-order valence-electron chi connectivity index (χ1n) is 8.98. The third-order valence-electron chi connectivity index (χ3n) is 3.77. The van der Waals surface area contributed by atoms with E-state index >= 15 is 0 Å². The average molecular weight is 450 g/mol. The quantitative estimate of drug-likeness (QED) is 0.326. The van der Waals surface area contributed by atoms with E-state index in [1.807, 2.05) is 0 Å². The van der Waals surface area contributed by atoms with Gasteiger partial charge in [-0.2, -0.15) is 0 Å². The van der Waals surface area contributed by atoms with Crippen molar-refractivity contribution in [1.82, 2.24) is 25.4 Å². The molecule has 0 saturated carbocycles. The highest BCUT2D eigenvalue weighted by atomic mass is 127. The van der Waals surface area contributed by atoms with Gasteiger partial charge in [-0.1, -0.05) is 33.6 Å². The number of aromatic nitrogens is 3. The van der Waals surface area contributed by atoms with Gasteiger partial charge in [0.05, 0.1) is 6.54 Å². The summed E-state index contributed by atoms with van der Waals surface area (Å²) >= 11 is 0. The van der Waals surface area contributed by atoms with Gasteiger partial charge in [-0.25, -0.2) is 0 Å². The van der Waals surface area contributed by atoms with Crippen molar-refractivity contribution in [2.24, 2.45) is 10.9 Å². The van der Waals surface area contributed by atoms with E-state index in [0.29, 0.717) is 6.04 Å². The van der Waals surface area contributed by atoms with Gasteiger partial charge in [0.25, 0.3) is 0 Å². The maximum absolute atomic E-state index is 4.66. The van der Waals surface area contributed by atoms with Crippen LogP contribution in [0, 0.1) is 5.92 Å². The molecule has 0 amide bonds. The third-order valence-corrected chi connectivity index (χ3v) is 3.77. The van der Waals surface area contributed by atoms with Gasteiger partial charge in [-0.15, -0.1) is 34.2 Å². The molecule has 0 aliphatic carbocycles. The zero-order chi connectivity index (χ0) is 17.1. The molecule has 0 aliphatic rings. The van der Waals surface area contributed by atoms with Gasteiger partial charge in [-0.3, -0.25) is 4.99 Å². The third kappa shape index (κ3) is 9.44. The van der Waals surface area contributed by atoms with Gasteiger partial charge in [0, 0.05) is 25.6 Å². The number of nitrogens with zero attached hydrogens (tertiary/aromatic N) is 4. The molecule has 7 heteroatoms. The zero-order valence-electron chi connectivity index (χ0n) is 15.9. The molecule has 1 atom stereocenters. The second kappa shape index (κ2) is 13.4. The fourth-order valence-corrected chi connectivity index (χ4v) is 2.47. The highest BCUT2D eigenvalue weighted by Gasteiger charge is 2.06. The zero-order valence-corrected chi connectivity index (χ0v) is 18.2. The van der Waals surface area contributed by atoms with Crippen LogP contribution in [0.5, 0.6) is 0 Å². The molecule has 0 saturated heterocycles. The van der Waals surface area contributed by atoms with E-state index < -0.39 is 0 Å². The molecule has 1 heterocycles. The van der Waals surface area contributed by atoms with Crippen molar-refractivity contribution in [2.45, 2.75) is 72.9 Å². The van der Waals surface area contributed by atoms with Gasteiger partial charge in [0.1, 0.15) is 12.2 Å². The van der Waals surface area contributed by atoms with E-state index in [1.54, 1.807) is 6.33 Å². The topological polar surface area (TPSA) is 67.1 Å². The number of nitrogens with one attached hydrogen (secondary N) is 2. The highest BCUT2D eigenvalue weighted by molar-refractivity contribution is 14.0. The molecule has 1 aromatic rings. The summed E-state index contributed by atoms with van der Waals surface area (Å²) in [5.74, 6) is 2.69. The van der Waals surface area contributed by atoms with Crippen LogP contribution < -0.4 is 10.6 Å². The van der Waals surface area contributed by atoms with Crippen molar-refractivity contribution in [1.29, 1.82) is 0 Å². The van der Waals surface area contributed by atoms with E-state index in [4.69, 9.17) is 0 Å². The molecule has 0 radical (unpaired) electrons. The summed E-state index contributed by atoms with van der Waals surface area (Å²) in [5.41, 5.74) is 0. The van der Waals surface area contributed by atoms with Crippen molar-refractivity contribution < 1.29 is 0 Å². The maximum Gasteiger partial charge on any atom is 0.191 e. The number of aliphatic imine (C=N–C) groups is 1. The van der Waals surface area contributed by atoms with Crippen molar-refractivity contribution in [3.8, 4) is 0 Å². The van der Waals surface area contributed by atoms with Crippen LogP contribution in [-0.2, 0) is 13.0 Å². The Labute approximate surface area is 164 Å². The van der Waals surface area contributed by atoms with Gasteiger partial charge in [0.2, 0.25) is 0 Å². The monoisotopic (exact) mass is 450 g/mol. The summed E-state index contributed by atoms with van der Waals surface area (Å²) in [7, 11) is 0. The lowest BCUT2D eigenvalue weighted by Crippen LogP contribution is -2.42. The van der Waals surface area contributed by atoms with Crippen LogP contribution in [0.3, 0.4) is 0 Å². The maximum atomic E-state index is 4.66. The van der Waals surface area contributed by atoms with Crippen molar-refractivity contribution in [3.05, 3.63) is 12.2 Å². The van der Waals surface area contributed by atoms with Crippen molar-refractivity contribution in [3.63, 3.8) is 0 Å². The summed E-state index contributed by atoms with van der Waals surface area (Å²) < 4.78 is 2.07. The Hall–Kier alpha value is -0.860. The van der Waals surface area contributed by atoms with E-state index in [9.17, 15) is 0 Å². The lowest BCUT2D eigenvalue weighted by molar-refractivity contribution is 0.491. The predicted octanol–water partition coefficient (Wildman–Crippen LogP) is 3.23. The fourth-order valence-electron chi connectivity index (χ4n) is 2.47. The highest BCUT2D eigenvalue weighted by Crippen LogP contribution is 2.08. The summed E-state index contributed by atoms with van der Waals surface area (Å²) in [6.07, 6.45) is 6.39. The Morgan fingerprint density at radius 1 is 1.25 bits per heavy atom. The second-order valence-corrected chi connectivity index (χ2v) is 6.42. The molecule has 24 heavy (non-hydrogen) atoms. The van der Waals surface area contributed by atoms with Crippen LogP contribution in [0.25, 0.3) is 0 Å². The first-order chi connectivity index (χ1) is 11.1. The standard InChI is InChI=1S/C17H34N6.HI/c1-6-16-22-20-13-23(16)12-11-19-17(18-7-2)21-15(5)10-8-9-14(3)4;/h13-15H,6-12H2,1-5H3,(H2,18,19,21);1H. The summed E-state index contributed by atoms with van der Waals surface area (Å²) in [6.45, 7) is 13.4. The number of rotatable bonds is 10. The lowest BCUT2D eigenvalue weighted by atomic mass is 10.0. The van der Waals surface area contributed by atoms with Crippen LogP contribution >= 0.6 is 24.0 Å². The summed E-state index contributed by atoms with van der Waals surface area (Å²) in [5, 5.41) is 14.9. The molecule has 6 nitrogen and oxygen atoms in total. The molecule has 0 spiro atoms. The van der Waals surface area contributed by atoms with Crippen LogP contribution in [-0.4, -0.2) is 39.9 Å². The minimum atomic E-state index is 0. The molecule has 1 rings (SSSR count). The van der Waals surface area contributed by atoms with Gasteiger partial charge < -0.3 is 15.2 Å². The molecule has 1 unspecified atom stereocenters. The number of aryl methyl sites for hydroxylation is 1. The van der Waals surface area contributed by atoms with Crippen molar-refractivity contribution >= 4 is 29.9 Å². The minimum Gasteiger partial charge on any atom is -0.357 e. The van der Waals surface area contributed by atoms with Crippen LogP contribution in [0.2, 0.25) is 0 Å². The van der Waals surface area contributed by atoms with E-state index in [-0.39, 0.29) is 24.0 Å². The normalized spacial score (nSPS) is 12.8. The Kier molecular flexibility index (Phi) is 13.0. The molecule has 0 fully saturated rings. The largest absolute Gasteiger partial charge is 0.357 e. The Balaban J connectivity index is 0.00000529. The molecule has 0 aliphatic heterocycles. The molecule has 2 N–H and O–H groups in total. The Morgan fingerprint density at radius 2 is 2.00 bits per heavy atom. The Morgan fingerprint density at radius 3 is 2.62 bits per heavy atom. The molecule has 0 bridgehead atoms.